The monoisotopic (exact) mass is 291 g/mol. The van der Waals surface area contributed by atoms with Gasteiger partial charge in [0.15, 0.2) is 0 Å². The highest BCUT2D eigenvalue weighted by molar-refractivity contribution is 5.75. The number of hydrogen-bond donors (Lipinski definition) is 1. The van der Waals surface area contributed by atoms with Crippen LogP contribution in [0, 0.1) is 0 Å². The summed E-state index contributed by atoms with van der Waals surface area (Å²) >= 11 is 0. The van der Waals surface area contributed by atoms with Crippen LogP contribution in [-0.4, -0.2) is 55.4 Å². The smallest absolute Gasteiger partial charge is 0.121 e. The standard InChI is InChI=1S/C16H25N3O2/c1-4-13-5-6-14-15(11-13)18-16(17-14)12-19(7-9-20-2)8-10-21-3/h5-6,11H,4,7-10,12H2,1-3H3,(H,17,18). The molecule has 21 heavy (non-hydrogen) atoms. The number of aromatic amines is 1. The molecule has 1 aromatic carbocycles. The number of methoxy groups -OCH3 is 2. The van der Waals surface area contributed by atoms with Gasteiger partial charge in [-0.05, 0) is 24.1 Å². The maximum absolute atomic E-state index is 5.17. The Bertz CT molecular complexity index is 545. The van der Waals surface area contributed by atoms with Crippen molar-refractivity contribution in [2.45, 2.75) is 19.9 Å². The third-order valence-corrected chi connectivity index (χ3v) is 3.60. The van der Waals surface area contributed by atoms with Crippen molar-refractivity contribution in [1.82, 2.24) is 14.9 Å². The van der Waals surface area contributed by atoms with Gasteiger partial charge in [0.2, 0.25) is 0 Å². The second-order valence-electron chi connectivity index (χ2n) is 5.15. The zero-order valence-electron chi connectivity index (χ0n) is 13.2. The summed E-state index contributed by atoms with van der Waals surface area (Å²) in [6.07, 6.45) is 1.04. The van der Waals surface area contributed by atoms with E-state index >= 15 is 0 Å². The van der Waals surface area contributed by atoms with Gasteiger partial charge >= 0.3 is 0 Å². The number of benzene rings is 1. The molecule has 0 spiro atoms. The van der Waals surface area contributed by atoms with E-state index in [1.165, 1.54) is 5.56 Å². The summed E-state index contributed by atoms with van der Waals surface area (Å²) in [5, 5.41) is 0. The maximum atomic E-state index is 5.17. The van der Waals surface area contributed by atoms with Crippen molar-refractivity contribution >= 4 is 11.0 Å². The summed E-state index contributed by atoms with van der Waals surface area (Å²) in [6.45, 7) is 6.11. The SMILES string of the molecule is CCc1ccc2nc(CN(CCOC)CCOC)[nH]c2c1. The van der Waals surface area contributed by atoms with Crippen molar-refractivity contribution in [2.24, 2.45) is 0 Å². The van der Waals surface area contributed by atoms with Crippen LogP contribution in [0.25, 0.3) is 11.0 Å². The van der Waals surface area contributed by atoms with Crippen molar-refractivity contribution in [2.75, 3.05) is 40.5 Å². The van der Waals surface area contributed by atoms with Crippen LogP contribution in [0.1, 0.15) is 18.3 Å². The fourth-order valence-electron chi connectivity index (χ4n) is 2.33. The summed E-state index contributed by atoms with van der Waals surface area (Å²) in [7, 11) is 3.45. The zero-order chi connectivity index (χ0) is 15.1. The lowest BCUT2D eigenvalue weighted by molar-refractivity contribution is 0.109. The highest BCUT2D eigenvalue weighted by atomic mass is 16.5. The van der Waals surface area contributed by atoms with Gasteiger partial charge in [-0.25, -0.2) is 4.98 Å². The summed E-state index contributed by atoms with van der Waals surface area (Å²) in [4.78, 5) is 10.4. The van der Waals surface area contributed by atoms with Crippen LogP contribution in [0.15, 0.2) is 18.2 Å². The Morgan fingerprint density at radius 3 is 2.48 bits per heavy atom. The lowest BCUT2D eigenvalue weighted by Gasteiger charge is -2.20. The van der Waals surface area contributed by atoms with Crippen molar-refractivity contribution in [1.29, 1.82) is 0 Å². The molecule has 0 aliphatic heterocycles. The molecule has 5 nitrogen and oxygen atoms in total. The van der Waals surface area contributed by atoms with Gasteiger partial charge in [0, 0.05) is 27.3 Å². The first-order valence-electron chi connectivity index (χ1n) is 7.44. The summed E-state index contributed by atoms with van der Waals surface area (Å²) in [6, 6.07) is 6.41. The number of aromatic nitrogens is 2. The van der Waals surface area contributed by atoms with E-state index in [0.29, 0.717) is 13.2 Å². The molecular formula is C16H25N3O2. The lowest BCUT2D eigenvalue weighted by Crippen LogP contribution is -2.30. The molecule has 0 bridgehead atoms. The van der Waals surface area contributed by atoms with Crippen LogP contribution >= 0.6 is 0 Å². The number of fused-ring (bicyclic) bond motifs is 1. The molecule has 0 amide bonds. The molecule has 0 saturated heterocycles. The molecule has 0 atom stereocenters. The molecule has 0 aliphatic carbocycles. The minimum Gasteiger partial charge on any atom is -0.383 e. The summed E-state index contributed by atoms with van der Waals surface area (Å²) in [5.41, 5.74) is 3.47. The molecule has 0 aliphatic rings. The molecule has 0 unspecified atom stereocenters. The van der Waals surface area contributed by atoms with E-state index in [1.54, 1.807) is 14.2 Å². The van der Waals surface area contributed by atoms with Crippen LogP contribution < -0.4 is 0 Å². The van der Waals surface area contributed by atoms with E-state index in [9.17, 15) is 0 Å². The van der Waals surface area contributed by atoms with E-state index in [4.69, 9.17) is 9.47 Å². The van der Waals surface area contributed by atoms with Crippen molar-refractivity contribution < 1.29 is 9.47 Å². The Balaban J connectivity index is 2.07. The molecule has 2 rings (SSSR count). The molecule has 116 valence electrons. The number of imidazole rings is 1. The Labute approximate surface area is 126 Å². The number of hydrogen-bond acceptors (Lipinski definition) is 4. The zero-order valence-corrected chi connectivity index (χ0v) is 13.2. The van der Waals surface area contributed by atoms with Gasteiger partial charge in [-0.1, -0.05) is 13.0 Å². The van der Waals surface area contributed by atoms with Crippen molar-refractivity contribution in [3.63, 3.8) is 0 Å². The Hall–Kier alpha value is -1.43. The first-order chi connectivity index (χ1) is 10.3. The number of H-pyrrole nitrogens is 1. The fourth-order valence-corrected chi connectivity index (χ4v) is 2.33. The van der Waals surface area contributed by atoms with Gasteiger partial charge in [0.1, 0.15) is 5.82 Å². The Morgan fingerprint density at radius 1 is 1.14 bits per heavy atom. The number of nitrogens with zero attached hydrogens (tertiary/aromatic N) is 2. The average Bonchev–Trinajstić information content (AvgIpc) is 2.91. The van der Waals surface area contributed by atoms with Crippen LogP contribution in [0.4, 0.5) is 0 Å². The highest BCUT2D eigenvalue weighted by Gasteiger charge is 2.09. The van der Waals surface area contributed by atoms with Crippen LogP contribution in [0.3, 0.4) is 0 Å². The van der Waals surface area contributed by atoms with E-state index in [2.05, 4.69) is 40.0 Å². The first kappa shape index (κ1) is 15.9. The normalized spacial score (nSPS) is 11.6. The number of nitrogens with one attached hydrogen (secondary N) is 1. The molecule has 1 heterocycles. The second kappa shape index (κ2) is 8.12. The predicted octanol–water partition coefficient (Wildman–Crippen LogP) is 2.22. The van der Waals surface area contributed by atoms with E-state index in [0.717, 1.165) is 42.9 Å². The summed E-state index contributed by atoms with van der Waals surface area (Å²) < 4.78 is 10.3. The van der Waals surface area contributed by atoms with Crippen LogP contribution in [0.2, 0.25) is 0 Å². The van der Waals surface area contributed by atoms with Gasteiger partial charge < -0.3 is 14.5 Å². The Morgan fingerprint density at radius 2 is 1.86 bits per heavy atom. The second-order valence-corrected chi connectivity index (χ2v) is 5.15. The number of ether oxygens (including phenoxy) is 2. The van der Waals surface area contributed by atoms with Gasteiger partial charge in [-0.2, -0.15) is 0 Å². The minimum atomic E-state index is 0.712. The third-order valence-electron chi connectivity index (χ3n) is 3.60. The van der Waals surface area contributed by atoms with Crippen LogP contribution in [-0.2, 0) is 22.4 Å². The molecular weight excluding hydrogens is 266 g/mol. The maximum Gasteiger partial charge on any atom is 0.121 e. The molecule has 0 radical (unpaired) electrons. The number of rotatable bonds is 9. The minimum absolute atomic E-state index is 0.712. The highest BCUT2D eigenvalue weighted by Crippen LogP contribution is 2.15. The van der Waals surface area contributed by atoms with Gasteiger partial charge in [-0.3, -0.25) is 4.90 Å². The van der Waals surface area contributed by atoms with Gasteiger partial charge in [-0.15, -0.1) is 0 Å². The first-order valence-corrected chi connectivity index (χ1v) is 7.44. The topological polar surface area (TPSA) is 50.4 Å². The molecule has 0 saturated carbocycles. The molecule has 0 fully saturated rings. The lowest BCUT2D eigenvalue weighted by atomic mass is 10.1. The fraction of sp³-hybridized carbons (Fsp3) is 0.562. The number of aryl methyl sites for hydroxylation is 1. The summed E-state index contributed by atoms with van der Waals surface area (Å²) in [5.74, 6) is 0.991. The van der Waals surface area contributed by atoms with Crippen molar-refractivity contribution in [3.8, 4) is 0 Å². The molecule has 2 aromatic rings. The van der Waals surface area contributed by atoms with E-state index < -0.39 is 0 Å². The molecule has 1 aromatic heterocycles. The van der Waals surface area contributed by atoms with Crippen LogP contribution in [0.5, 0.6) is 0 Å². The largest absolute Gasteiger partial charge is 0.383 e. The average molecular weight is 291 g/mol. The predicted molar refractivity (Wildman–Crippen MR) is 84.5 cm³/mol. The van der Waals surface area contributed by atoms with Gasteiger partial charge in [0.05, 0.1) is 30.8 Å². The van der Waals surface area contributed by atoms with E-state index in [1.807, 2.05) is 0 Å². The third kappa shape index (κ3) is 4.52. The van der Waals surface area contributed by atoms with E-state index in [-0.39, 0.29) is 0 Å². The molecule has 1 N–H and O–H groups in total. The Kier molecular flexibility index (Phi) is 6.17. The van der Waals surface area contributed by atoms with Gasteiger partial charge in [0.25, 0.3) is 0 Å². The quantitative estimate of drug-likeness (QED) is 0.769. The van der Waals surface area contributed by atoms with Crippen molar-refractivity contribution in [3.05, 3.63) is 29.6 Å². The molecule has 5 heteroatoms.